The fraction of sp³-hybridized carbons (Fsp3) is 0.588. The van der Waals surface area contributed by atoms with Crippen LogP contribution < -0.4 is 0 Å². The van der Waals surface area contributed by atoms with Gasteiger partial charge in [0.1, 0.15) is 0 Å². The average Bonchev–Trinajstić information content (AvgIpc) is 2.95. The fourth-order valence-corrected chi connectivity index (χ4v) is 3.21. The lowest BCUT2D eigenvalue weighted by Gasteiger charge is -2.24. The summed E-state index contributed by atoms with van der Waals surface area (Å²) in [6.45, 7) is 11.1. The molecule has 0 fully saturated rings. The number of hydrogen-bond donors (Lipinski definition) is 0. The third-order valence-corrected chi connectivity index (χ3v) is 4.84. The van der Waals surface area contributed by atoms with Gasteiger partial charge < -0.3 is 4.90 Å². The first-order chi connectivity index (χ1) is 9.67. The Balaban J connectivity index is 2.74. The quantitative estimate of drug-likeness (QED) is 0.619. The predicted molar refractivity (Wildman–Crippen MR) is 88.2 cm³/mol. The van der Waals surface area contributed by atoms with Crippen molar-refractivity contribution in [1.82, 2.24) is 4.90 Å². The molecule has 1 unspecified atom stereocenters. The SMILES string of the molecule is C=CN(CC(CC)CCCC)C(=O)c1ccsc1CC. The van der Waals surface area contributed by atoms with Gasteiger partial charge in [0.25, 0.3) is 5.91 Å². The van der Waals surface area contributed by atoms with Gasteiger partial charge in [0, 0.05) is 11.4 Å². The second kappa shape index (κ2) is 8.96. The molecule has 0 bridgehead atoms. The lowest BCUT2D eigenvalue weighted by atomic mass is 9.98. The molecule has 1 amide bonds. The van der Waals surface area contributed by atoms with Crippen LogP contribution in [0.3, 0.4) is 0 Å². The number of thiophene rings is 1. The van der Waals surface area contributed by atoms with Crippen molar-refractivity contribution in [2.45, 2.75) is 52.9 Å². The van der Waals surface area contributed by atoms with Crippen molar-refractivity contribution < 1.29 is 4.79 Å². The number of aryl methyl sites for hydroxylation is 1. The molecule has 20 heavy (non-hydrogen) atoms. The third-order valence-electron chi connectivity index (χ3n) is 3.78. The second-order valence-electron chi connectivity index (χ2n) is 5.17. The van der Waals surface area contributed by atoms with E-state index in [-0.39, 0.29) is 5.91 Å². The molecule has 0 aliphatic heterocycles. The number of unbranched alkanes of at least 4 members (excludes halogenated alkanes) is 1. The Morgan fingerprint density at radius 1 is 1.45 bits per heavy atom. The Morgan fingerprint density at radius 3 is 2.75 bits per heavy atom. The first-order valence-corrected chi connectivity index (χ1v) is 8.55. The Hall–Kier alpha value is -1.09. The molecule has 0 saturated heterocycles. The van der Waals surface area contributed by atoms with Gasteiger partial charge in [-0.1, -0.05) is 46.6 Å². The minimum absolute atomic E-state index is 0.105. The van der Waals surface area contributed by atoms with Crippen LogP contribution in [0.1, 0.15) is 61.7 Å². The van der Waals surface area contributed by atoms with E-state index in [1.54, 1.807) is 22.4 Å². The average molecular weight is 293 g/mol. The van der Waals surface area contributed by atoms with Crippen molar-refractivity contribution in [3.63, 3.8) is 0 Å². The summed E-state index contributed by atoms with van der Waals surface area (Å²) >= 11 is 1.66. The van der Waals surface area contributed by atoms with Crippen LogP contribution >= 0.6 is 11.3 Å². The van der Waals surface area contributed by atoms with E-state index in [1.807, 2.05) is 11.4 Å². The maximum atomic E-state index is 12.6. The molecule has 1 aromatic rings. The van der Waals surface area contributed by atoms with Crippen molar-refractivity contribution in [3.8, 4) is 0 Å². The molecule has 1 atom stereocenters. The van der Waals surface area contributed by atoms with Gasteiger partial charge >= 0.3 is 0 Å². The molecule has 0 saturated carbocycles. The number of amides is 1. The van der Waals surface area contributed by atoms with Gasteiger partial charge in [0.2, 0.25) is 0 Å². The summed E-state index contributed by atoms with van der Waals surface area (Å²) in [6, 6.07) is 1.94. The first-order valence-electron chi connectivity index (χ1n) is 7.67. The highest BCUT2D eigenvalue weighted by Crippen LogP contribution is 2.21. The largest absolute Gasteiger partial charge is 0.315 e. The molecule has 112 valence electrons. The third kappa shape index (κ3) is 4.48. The van der Waals surface area contributed by atoms with E-state index in [0.717, 1.165) is 24.9 Å². The van der Waals surface area contributed by atoms with E-state index < -0.39 is 0 Å². The Bertz CT molecular complexity index is 424. The lowest BCUT2D eigenvalue weighted by Crippen LogP contribution is -2.31. The molecule has 0 aliphatic carbocycles. The van der Waals surface area contributed by atoms with E-state index in [0.29, 0.717) is 5.92 Å². The molecule has 0 N–H and O–H groups in total. The fourth-order valence-electron chi connectivity index (χ4n) is 2.40. The van der Waals surface area contributed by atoms with Gasteiger partial charge in [-0.05, 0) is 36.4 Å². The van der Waals surface area contributed by atoms with Gasteiger partial charge in [-0.25, -0.2) is 0 Å². The van der Waals surface area contributed by atoms with Gasteiger partial charge in [-0.2, -0.15) is 0 Å². The maximum Gasteiger partial charge on any atom is 0.258 e. The van der Waals surface area contributed by atoms with Crippen LogP contribution in [0.5, 0.6) is 0 Å². The van der Waals surface area contributed by atoms with E-state index in [9.17, 15) is 4.79 Å². The zero-order valence-electron chi connectivity index (χ0n) is 13.0. The summed E-state index contributed by atoms with van der Waals surface area (Å²) < 4.78 is 0. The highest BCUT2D eigenvalue weighted by Gasteiger charge is 2.19. The van der Waals surface area contributed by atoms with Gasteiger partial charge in [0.15, 0.2) is 0 Å². The zero-order valence-corrected chi connectivity index (χ0v) is 13.8. The normalized spacial score (nSPS) is 12.2. The minimum atomic E-state index is 0.105. The van der Waals surface area contributed by atoms with Crippen molar-refractivity contribution in [2.24, 2.45) is 5.92 Å². The van der Waals surface area contributed by atoms with Crippen molar-refractivity contribution >= 4 is 17.2 Å². The highest BCUT2D eigenvalue weighted by atomic mass is 32.1. The standard InChI is InChI=1S/C17H27NOS/c1-5-9-10-14(6-2)13-18(8-4)17(19)15-11-12-20-16(15)7-3/h8,11-12,14H,4-7,9-10,13H2,1-3H3. The molecule has 0 spiro atoms. The molecule has 1 aromatic heterocycles. The number of carbonyl (C=O) groups is 1. The van der Waals surface area contributed by atoms with Gasteiger partial charge in [0.05, 0.1) is 5.56 Å². The zero-order chi connectivity index (χ0) is 15.0. The summed E-state index contributed by atoms with van der Waals surface area (Å²) in [5.74, 6) is 0.675. The molecule has 0 aromatic carbocycles. The maximum absolute atomic E-state index is 12.6. The molecule has 2 nitrogen and oxygen atoms in total. The molecule has 1 heterocycles. The van der Waals surface area contributed by atoms with Crippen LogP contribution in [0.25, 0.3) is 0 Å². The molecule has 0 aliphatic rings. The van der Waals surface area contributed by atoms with Crippen LogP contribution in [0, 0.1) is 5.92 Å². The van der Waals surface area contributed by atoms with Crippen molar-refractivity contribution in [2.75, 3.05) is 6.54 Å². The molecule has 3 heteroatoms. The minimum Gasteiger partial charge on any atom is -0.315 e. The van der Waals surface area contributed by atoms with E-state index in [2.05, 4.69) is 27.4 Å². The van der Waals surface area contributed by atoms with Gasteiger partial charge in [-0.15, -0.1) is 11.3 Å². The van der Waals surface area contributed by atoms with Crippen LogP contribution in [0.2, 0.25) is 0 Å². The highest BCUT2D eigenvalue weighted by molar-refractivity contribution is 7.10. The van der Waals surface area contributed by atoms with E-state index in [4.69, 9.17) is 0 Å². The van der Waals surface area contributed by atoms with Crippen LogP contribution in [-0.2, 0) is 6.42 Å². The van der Waals surface area contributed by atoms with Crippen LogP contribution in [0.4, 0.5) is 0 Å². The number of hydrogen-bond acceptors (Lipinski definition) is 2. The van der Waals surface area contributed by atoms with Crippen molar-refractivity contribution in [3.05, 3.63) is 34.7 Å². The number of carbonyl (C=O) groups excluding carboxylic acids is 1. The summed E-state index contributed by atoms with van der Waals surface area (Å²) in [7, 11) is 0. The monoisotopic (exact) mass is 293 g/mol. The first kappa shape index (κ1) is 17.0. The second-order valence-corrected chi connectivity index (χ2v) is 6.17. The smallest absolute Gasteiger partial charge is 0.258 e. The molecule has 1 rings (SSSR count). The van der Waals surface area contributed by atoms with Crippen LogP contribution in [0.15, 0.2) is 24.2 Å². The number of nitrogens with zero attached hydrogens (tertiary/aromatic N) is 1. The Morgan fingerprint density at radius 2 is 2.20 bits per heavy atom. The lowest BCUT2D eigenvalue weighted by molar-refractivity contribution is 0.0799. The summed E-state index contributed by atoms with van der Waals surface area (Å²) in [4.78, 5) is 15.6. The van der Waals surface area contributed by atoms with E-state index >= 15 is 0 Å². The molecular formula is C17H27NOS. The molecule has 0 radical (unpaired) electrons. The van der Waals surface area contributed by atoms with Gasteiger partial charge in [-0.3, -0.25) is 4.79 Å². The Labute approximate surface area is 127 Å². The van der Waals surface area contributed by atoms with Crippen molar-refractivity contribution in [1.29, 1.82) is 0 Å². The van der Waals surface area contributed by atoms with E-state index in [1.165, 1.54) is 24.1 Å². The van der Waals surface area contributed by atoms with Crippen LogP contribution in [-0.4, -0.2) is 17.4 Å². The summed E-state index contributed by atoms with van der Waals surface area (Å²) in [6.07, 6.45) is 7.35. The summed E-state index contributed by atoms with van der Waals surface area (Å²) in [5.41, 5.74) is 0.850. The topological polar surface area (TPSA) is 20.3 Å². The predicted octanol–water partition coefficient (Wildman–Crippen LogP) is 5.11. The number of rotatable bonds is 9. The summed E-state index contributed by atoms with van der Waals surface area (Å²) in [5, 5.41) is 2.00. The Kier molecular flexibility index (Phi) is 7.60. The molecular weight excluding hydrogens is 266 g/mol.